The van der Waals surface area contributed by atoms with E-state index in [-0.39, 0.29) is 23.6 Å². The SMILES string of the molecule is CCN(C(=O)NCCc1ccccc1Br)C1CCS(=O)(=O)C1. The molecule has 2 rings (SSSR count). The largest absolute Gasteiger partial charge is 0.338 e. The van der Waals surface area contributed by atoms with E-state index in [9.17, 15) is 13.2 Å². The molecule has 1 aliphatic heterocycles. The summed E-state index contributed by atoms with van der Waals surface area (Å²) in [6.07, 6.45) is 1.27. The molecule has 0 aromatic heterocycles. The number of amides is 2. The van der Waals surface area contributed by atoms with Crippen molar-refractivity contribution in [2.45, 2.75) is 25.8 Å². The molecule has 0 radical (unpaired) electrons. The van der Waals surface area contributed by atoms with Crippen LogP contribution in [0.25, 0.3) is 0 Å². The van der Waals surface area contributed by atoms with Gasteiger partial charge in [-0.15, -0.1) is 0 Å². The maximum Gasteiger partial charge on any atom is 0.317 e. The minimum Gasteiger partial charge on any atom is -0.338 e. The standard InChI is InChI=1S/C15H21BrN2O3S/c1-2-18(13-8-10-22(20,21)11-13)15(19)17-9-7-12-5-3-4-6-14(12)16/h3-6,13H,2,7-11H2,1H3,(H,17,19). The first-order chi connectivity index (χ1) is 10.4. The summed E-state index contributed by atoms with van der Waals surface area (Å²) in [7, 11) is -2.98. The number of sulfone groups is 1. The summed E-state index contributed by atoms with van der Waals surface area (Å²) < 4.78 is 24.1. The quantitative estimate of drug-likeness (QED) is 0.840. The normalized spacial score (nSPS) is 19.8. The molecule has 22 heavy (non-hydrogen) atoms. The molecule has 0 aliphatic carbocycles. The molecule has 5 nitrogen and oxygen atoms in total. The summed E-state index contributed by atoms with van der Waals surface area (Å²) in [6.45, 7) is 2.91. The summed E-state index contributed by atoms with van der Waals surface area (Å²) in [5.74, 6) is 0.261. The molecule has 0 bridgehead atoms. The Morgan fingerprint density at radius 1 is 1.41 bits per heavy atom. The van der Waals surface area contributed by atoms with Crippen molar-refractivity contribution in [2.24, 2.45) is 0 Å². The van der Waals surface area contributed by atoms with E-state index < -0.39 is 9.84 Å². The van der Waals surface area contributed by atoms with Gasteiger partial charge < -0.3 is 10.2 Å². The fourth-order valence-electron chi connectivity index (χ4n) is 2.70. The van der Waals surface area contributed by atoms with E-state index in [4.69, 9.17) is 0 Å². The number of hydrogen-bond acceptors (Lipinski definition) is 3. The zero-order valence-electron chi connectivity index (χ0n) is 12.6. The lowest BCUT2D eigenvalue weighted by Gasteiger charge is -2.27. The fraction of sp³-hybridized carbons (Fsp3) is 0.533. The van der Waals surface area contributed by atoms with Crippen LogP contribution in [0.4, 0.5) is 4.79 Å². The summed E-state index contributed by atoms with van der Waals surface area (Å²) in [6, 6.07) is 7.51. The van der Waals surface area contributed by atoms with Crippen molar-refractivity contribution in [2.75, 3.05) is 24.6 Å². The van der Waals surface area contributed by atoms with Crippen LogP contribution in [-0.2, 0) is 16.3 Å². The summed E-state index contributed by atoms with van der Waals surface area (Å²) in [5, 5.41) is 2.88. The van der Waals surface area contributed by atoms with Crippen molar-refractivity contribution in [3.05, 3.63) is 34.3 Å². The highest BCUT2D eigenvalue weighted by molar-refractivity contribution is 9.10. The maximum absolute atomic E-state index is 12.3. The highest BCUT2D eigenvalue weighted by Crippen LogP contribution is 2.18. The Bertz CT molecular complexity index is 633. The number of hydrogen-bond donors (Lipinski definition) is 1. The van der Waals surface area contributed by atoms with Gasteiger partial charge in [0.15, 0.2) is 9.84 Å². The van der Waals surface area contributed by atoms with Crippen LogP contribution in [-0.4, -0.2) is 50.0 Å². The van der Waals surface area contributed by atoms with E-state index in [1.165, 1.54) is 0 Å². The molecule has 1 aromatic rings. The monoisotopic (exact) mass is 388 g/mol. The van der Waals surface area contributed by atoms with E-state index in [0.717, 1.165) is 16.5 Å². The number of rotatable bonds is 5. The van der Waals surface area contributed by atoms with Gasteiger partial charge in [0.25, 0.3) is 0 Å². The molecule has 2 amide bonds. The van der Waals surface area contributed by atoms with Crippen molar-refractivity contribution < 1.29 is 13.2 Å². The minimum absolute atomic E-state index is 0.0818. The van der Waals surface area contributed by atoms with Gasteiger partial charge in [-0.3, -0.25) is 0 Å². The second-order valence-electron chi connectivity index (χ2n) is 5.42. The molecule has 122 valence electrons. The number of nitrogens with one attached hydrogen (secondary N) is 1. The van der Waals surface area contributed by atoms with Crippen LogP contribution in [0.1, 0.15) is 18.9 Å². The van der Waals surface area contributed by atoms with Gasteiger partial charge in [0.05, 0.1) is 11.5 Å². The summed E-state index contributed by atoms with van der Waals surface area (Å²) in [5.41, 5.74) is 1.13. The minimum atomic E-state index is -2.98. The Morgan fingerprint density at radius 3 is 2.73 bits per heavy atom. The highest BCUT2D eigenvalue weighted by atomic mass is 79.9. The molecule has 0 saturated carbocycles. The lowest BCUT2D eigenvalue weighted by atomic mass is 10.1. The molecule has 1 fully saturated rings. The zero-order chi connectivity index (χ0) is 16.2. The van der Waals surface area contributed by atoms with Gasteiger partial charge in [-0.1, -0.05) is 34.1 Å². The Balaban J connectivity index is 1.87. The van der Waals surface area contributed by atoms with Crippen molar-refractivity contribution in [3.8, 4) is 0 Å². The number of nitrogens with zero attached hydrogens (tertiary/aromatic N) is 1. The number of carbonyl (C=O) groups is 1. The first-order valence-electron chi connectivity index (χ1n) is 7.41. The van der Waals surface area contributed by atoms with Gasteiger partial charge in [-0.25, -0.2) is 13.2 Å². The van der Waals surface area contributed by atoms with Crippen molar-refractivity contribution in [3.63, 3.8) is 0 Å². The molecular formula is C15H21BrN2O3S. The van der Waals surface area contributed by atoms with E-state index in [0.29, 0.717) is 19.5 Å². The van der Waals surface area contributed by atoms with E-state index in [2.05, 4.69) is 21.2 Å². The molecule has 0 spiro atoms. The van der Waals surface area contributed by atoms with Crippen LogP contribution >= 0.6 is 15.9 Å². The maximum atomic E-state index is 12.3. The highest BCUT2D eigenvalue weighted by Gasteiger charge is 2.33. The van der Waals surface area contributed by atoms with Crippen LogP contribution in [0.3, 0.4) is 0 Å². The first-order valence-corrected chi connectivity index (χ1v) is 10.0. The van der Waals surface area contributed by atoms with Gasteiger partial charge in [0.2, 0.25) is 0 Å². The second kappa shape index (κ2) is 7.46. The Kier molecular flexibility index (Phi) is 5.86. The second-order valence-corrected chi connectivity index (χ2v) is 8.50. The molecule has 1 N–H and O–H groups in total. The van der Waals surface area contributed by atoms with Crippen LogP contribution in [0, 0.1) is 0 Å². The van der Waals surface area contributed by atoms with Gasteiger partial charge in [-0.05, 0) is 31.4 Å². The smallest absolute Gasteiger partial charge is 0.317 e. The number of carbonyl (C=O) groups excluding carboxylic acids is 1. The van der Waals surface area contributed by atoms with Gasteiger partial charge in [-0.2, -0.15) is 0 Å². The van der Waals surface area contributed by atoms with E-state index in [1.807, 2.05) is 31.2 Å². The topological polar surface area (TPSA) is 66.5 Å². The number of halogens is 1. The average Bonchev–Trinajstić information content (AvgIpc) is 2.82. The van der Waals surface area contributed by atoms with Crippen molar-refractivity contribution in [1.82, 2.24) is 10.2 Å². The Labute approximate surface area is 140 Å². The van der Waals surface area contributed by atoms with Crippen LogP contribution in [0.5, 0.6) is 0 Å². The molecule has 1 saturated heterocycles. The number of benzene rings is 1. The molecule has 1 heterocycles. The molecule has 1 aromatic carbocycles. The number of urea groups is 1. The van der Waals surface area contributed by atoms with Gasteiger partial charge >= 0.3 is 6.03 Å². The predicted molar refractivity (Wildman–Crippen MR) is 90.7 cm³/mol. The lowest BCUT2D eigenvalue weighted by molar-refractivity contribution is 0.184. The van der Waals surface area contributed by atoms with E-state index in [1.54, 1.807) is 4.90 Å². The van der Waals surface area contributed by atoms with Gasteiger partial charge in [0, 0.05) is 23.6 Å². The molecular weight excluding hydrogens is 368 g/mol. The first kappa shape index (κ1) is 17.3. The van der Waals surface area contributed by atoms with E-state index >= 15 is 0 Å². The van der Waals surface area contributed by atoms with Crippen LogP contribution < -0.4 is 5.32 Å². The fourth-order valence-corrected chi connectivity index (χ4v) is 4.91. The van der Waals surface area contributed by atoms with Crippen molar-refractivity contribution in [1.29, 1.82) is 0 Å². The molecule has 1 atom stereocenters. The lowest BCUT2D eigenvalue weighted by Crippen LogP contribution is -2.47. The summed E-state index contributed by atoms with van der Waals surface area (Å²) >= 11 is 3.48. The van der Waals surface area contributed by atoms with Gasteiger partial charge in [0.1, 0.15) is 0 Å². The molecule has 1 unspecified atom stereocenters. The van der Waals surface area contributed by atoms with Crippen molar-refractivity contribution >= 4 is 31.8 Å². The van der Waals surface area contributed by atoms with Crippen LogP contribution in [0.15, 0.2) is 28.7 Å². The Morgan fingerprint density at radius 2 is 2.14 bits per heavy atom. The molecule has 1 aliphatic rings. The zero-order valence-corrected chi connectivity index (χ0v) is 15.0. The van der Waals surface area contributed by atoms with Crippen LogP contribution in [0.2, 0.25) is 0 Å². The Hall–Kier alpha value is -1.08. The average molecular weight is 389 g/mol. The third-order valence-electron chi connectivity index (χ3n) is 3.88. The molecule has 7 heteroatoms. The third kappa shape index (κ3) is 4.46. The predicted octanol–water partition coefficient (Wildman–Crippen LogP) is 2.21. The third-order valence-corrected chi connectivity index (χ3v) is 6.40. The summed E-state index contributed by atoms with van der Waals surface area (Å²) in [4.78, 5) is 13.9.